The summed E-state index contributed by atoms with van der Waals surface area (Å²) in [5.74, 6) is 0.974. The second-order valence-electron chi connectivity index (χ2n) is 8.02. The Morgan fingerprint density at radius 1 is 0.914 bits per heavy atom. The molecule has 3 aromatic carbocycles. The Bertz CT molecular complexity index is 936. The molecule has 1 aliphatic heterocycles. The Hall–Kier alpha value is -1.08. The maximum absolute atomic E-state index is 4.93. The number of aliphatic imine (C=N–C) groups is 1. The molecule has 0 unspecified atom stereocenters. The van der Waals surface area contributed by atoms with Crippen LogP contribution >= 0.6 is 38.2 Å². The van der Waals surface area contributed by atoms with Crippen LogP contribution in [-0.4, -0.2) is 18.5 Å². The van der Waals surface area contributed by atoms with Gasteiger partial charge in [-0.25, -0.2) is 11.7 Å². The van der Waals surface area contributed by atoms with Crippen LogP contribution in [0.25, 0.3) is 0 Å². The molecule has 0 saturated carbocycles. The Labute approximate surface area is 228 Å². The molecule has 0 radical (unpaired) electrons. The van der Waals surface area contributed by atoms with E-state index in [1.54, 1.807) is 0 Å². The van der Waals surface area contributed by atoms with Gasteiger partial charge >= 0.3 is 41.5 Å². The van der Waals surface area contributed by atoms with E-state index in [4.69, 9.17) is 39.9 Å². The monoisotopic (exact) mass is 589 g/mol. The summed E-state index contributed by atoms with van der Waals surface area (Å²) in [7, 11) is 13.6. The van der Waals surface area contributed by atoms with Crippen LogP contribution in [0.1, 0.15) is 37.8 Å². The standard InChI is InChI=1S/C23H25N2P.C4H7O.3ClH.Cr/c1-18(2)24-23(20-16-14-19(3)15-17-20)25-26(21-10-6-4-7-11-21)22-12-8-5-9-13-22;1-2-4-5-3-1;;;;/h4-18H,1-3H3,(H,24,25);3H,1-2,4H2;3*1H;/q;-1;;;;+4/p-2. The van der Waals surface area contributed by atoms with E-state index in [-0.39, 0.29) is 6.04 Å². The molecule has 1 saturated heterocycles. The van der Waals surface area contributed by atoms with E-state index < -0.39 is 19.5 Å². The molecule has 188 valence electrons. The van der Waals surface area contributed by atoms with Crippen LogP contribution in [0.2, 0.25) is 0 Å². The summed E-state index contributed by atoms with van der Waals surface area (Å²) in [6.07, 6.45) is 2.38. The number of nitrogens with zero attached hydrogens (tertiary/aromatic N) is 1. The van der Waals surface area contributed by atoms with Gasteiger partial charge in [-0.2, -0.15) is 6.42 Å². The van der Waals surface area contributed by atoms with Crippen LogP contribution in [-0.2, 0) is 16.1 Å². The van der Waals surface area contributed by atoms with Gasteiger partial charge in [-0.15, -0.1) is 0 Å². The fourth-order valence-electron chi connectivity index (χ4n) is 3.20. The van der Waals surface area contributed by atoms with E-state index >= 15 is 0 Å². The molecular weight excluding hydrogens is 558 g/mol. The molecule has 0 spiro atoms. The Morgan fingerprint density at radius 2 is 1.43 bits per heavy atom. The van der Waals surface area contributed by atoms with E-state index in [0.29, 0.717) is 0 Å². The van der Waals surface area contributed by atoms with Crippen molar-refractivity contribution in [2.24, 2.45) is 4.99 Å². The fraction of sp³-hybridized carbons (Fsp3) is 0.259. The third kappa shape index (κ3) is 12.6. The van der Waals surface area contributed by atoms with Gasteiger partial charge in [0, 0.05) is 18.2 Å². The number of nitrogens with one attached hydrogen (secondary N) is 1. The van der Waals surface area contributed by atoms with Crippen LogP contribution in [0.5, 0.6) is 0 Å². The van der Waals surface area contributed by atoms with Crippen molar-refractivity contribution >= 4 is 54.7 Å². The van der Waals surface area contributed by atoms with Crippen molar-refractivity contribution in [2.75, 3.05) is 6.61 Å². The zero-order valence-corrected chi connectivity index (χ0v) is 24.8. The summed E-state index contributed by atoms with van der Waals surface area (Å²) in [6, 6.07) is 30.2. The van der Waals surface area contributed by atoms with Gasteiger partial charge < -0.3 is 4.74 Å². The zero-order valence-electron chi connectivity index (χ0n) is 20.3. The summed E-state index contributed by atoms with van der Waals surface area (Å²) in [4.78, 5) is 4.90. The predicted octanol–water partition coefficient (Wildman–Crippen LogP) is 7.54. The molecule has 1 heterocycles. The van der Waals surface area contributed by atoms with Crippen molar-refractivity contribution in [3.8, 4) is 0 Å². The van der Waals surface area contributed by atoms with E-state index in [0.717, 1.165) is 24.4 Å². The zero-order chi connectivity index (χ0) is 25.5. The summed E-state index contributed by atoms with van der Waals surface area (Å²) in [6.45, 7) is 9.15. The van der Waals surface area contributed by atoms with E-state index in [1.807, 2.05) is 6.61 Å². The van der Waals surface area contributed by atoms with Crippen molar-refractivity contribution < 1.29 is 16.1 Å². The van der Waals surface area contributed by atoms with Crippen molar-refractivity contribution in [2.45, 2.75) is 39.7 Å². The van der Waals surface area contributed by atoms with Gasteiger partial charge in [0.1, 0.15) is 10.6 Å². The average Bonchev–Trinajstić information content (AvgIpc) is 3.43. The second-order valence-corrected chi connectivity index (χ2v) is 16.5. The number of benzene rings is 3. The minimum absolute atomic E-state index is 0.230. The van der Waals surface area contributed by atoms with Gasteiger partial charge in [0.2, 0.25) is 0 Å². The molecule has 1 fully saturated rings. The van der Waals surface area contributed by atoms with Gasteiger partial charge in [0.25, 0.3) is 0 Å². The van der Waals surface area contributed by atoms with Crippen molar-refractivity contribution in [1.82, 2.24) is 5.09 Å². The normalized spacial score (nSPS) is 13.2. The molecule has 3 aromatic rings. The van der Waals surface area contributed by atoms with Gasteiger partial charge in [0.05, 0.1) is 0 Å². The number of hydrogen-bond acceptors (Lipinski definition) is 2. The first-order valence-corrected chi connectivity index (χ1v) is 18.2. The molecule has 0 aliphatic carbocycles. The maximum atomic E-state index is 4.93. The van der Waals surface area contributed by atoms with Crippen LogP contribution in [0.15, 0.2) is 89.9 Å². The molecule has 0 atom stereocenters. The number of rotatable bonds is 5. The average molecular weight is 591 g/mol. The molecule has 1 aliphatic rings. The number of halogens is 3. The van der Waals surface area contributed by atoms with Crippen LogP contribution < -0.4 is 15.7 Å². The van der Waals surface area contributed by atoms with E-state index in [9.17, 15) is 0 Å². The topological polar surface area (TPSA) is 33.6 Å². The van der Waals surface area contributed by atoms with Crippen LogP contribution in [0.4, 0.5) is 0 Å². The number of aryl methyl sites for hydroxylation is 1. The van der Waals surface area contributed by atoms with Gasteiger partial charge in [-0.05, 0) is 45.0 Å². The SMILES string of the molecule is Cc1ccc(C(=NC(C)C)N[PH+](c2ccccc2)c2ccccc2)cc1.[CH-]1CCCO1.[Cl][Cr+]([Cl])[Cl]. The molecule has 4 rings (SSSR count). The molecule has 35 heavy (non-hydrogen) atoms. The Kier molecular flexibility index (Phi) is 15.0. The summed E-state index contributed by atoms with van der Waals surface area (Å²) >= 11 is -1.62. The first-order valence-electron chi connectivity index (χ1n) is 11.4. The molecule has 0 aromatic heterocycles. The summed E-state index contributed by atoms with van der Waals surface area (Å²) in [5, 5.41) is 6.46. The van der Waals surface area contributed by atoms with Crippen LogP contribution in [0.3, 0.4) is 0 Å². The third-order valence-corrected chi connectivity index (χ3v) is 7.09. The second kappa shape index (κ2) is 17.4. The molecule has 3 nitrogen and oxygen atoms in total. The van der Waals surface area contributed by atoms with Crippen molar-refractivity contribution in [3.63, 3.8) is 0 Å². The summed E-state index contributed by atoms with van der Waals surface area (Å²) < 4.78 is 4.82. The van der Waals surface area contributed by atoms with Crippen LogP contribution in [0, 0.1) is 13.5 Å². The molecule has 0 bridgehead atoms. The quantitative estimate of drug-likeness (QED) is 0.144. The minimum atomic E-state index is -1.62. The Morgan fingerprint density at radius 3 is 1.80 bits per heavy atom. The van der Waals surface area contributed by atoms with Gasteiger partial charge in [0.15, 0.2) is 13.9 Å². The molecule has 8 heteroatoms. The first kappa shape index (κ1) is 30.1. The Balaban J connectivity index is 0.000000405. The number of amidine groups is 1. The molecule has 0 amide bonds. The first-order chi connectivity index (χ1) is 16.9. The number of hydrogen-bond donors (Lipinski definition) is 1. The summed E-state index contributed by atoms with van der Waals surface area (Å²) in [5.41, 5.74) is 2.40. The predicted molar refractivity (Wildman–Crippen MR) is 153 cm³/mol. The molecule has 1 N–H and O–H groups in total. The third-order valence-electron chi connectivity index (χ3n) is 4.78. The van der Waals surface area contributed by atoms with E-state index in [1.165, 1.54) is 22.6 Å². The fourth-order valence-corrected chi connectivity index (χ4v) is 5.32. The van der Waals surface area contributed by atoms with Crippen molar-refractivity contribution in [3.05, 3.63) is 103 Å². The van der Waals surface area contributed by atoms with Crippen molar-refractivity contribution in [1.29, 1.82) is 0 Å². The van der Waals surface area contributed by atoms with E-state index in [2.05, 4.69) is 111 Å². The molecular formula is C27H33Cl3CrN2OP+. The van der Waals surface area contributed by atoms with Gasteiger partial charge in [-0.3, -0.25) is 4.99 Å². The van der Waals surface area contributed by atoms with Gasteiger partial charge in [-0.1, -0.05) is 72.6 Å². The number of ether oxygens (including phenoxy) is 1.